The number of piperazine rings is 1. The van der Waals surface area contributed by atoms with E-state index in [0.717, 1.165) is 6.42 Å². The maximum Gasteiger partial charge on any atom is 0.305 e. The number of rotatable bonds is 6. The molecule has 2 atom stereocenters. The van der Waals surface area contributed by atoms with Gasteiger partial charge >= 0.3 is 5.97 Å². The number of nitrogens with two attached hydrogens (primary N) is 1. The van der Waals surface area contributed by atoms with Crippen LogP contribution >= 0.6 is 0 Å². The molecule has 1 fully saturated rings. The summed E-state index contributed by atoms with van der Waals surface area (Å²) in [5.41, 5.74) is 5.40. The summed E-state index contributed by atoms with van der Waals surface area (Å²) >= 11 is 0. The molecular formula is C12H21N3O4. The average Bonchev–Trinajstić information content (AvgIpc) is 2.37. The van der Waals surface area contributed by atoms with Crippen LogP contribution < -0.4 is 11.1 Å². The third kappa shape index (κ3) is 4.20. The molecule has 1 aliphatic rings. The molecule has 0 aliphatic carbocycles. The lowest BCUT2D eigenvalue weighted by molar-refractivity contribution is -0.150. The Morgan fingerprint density at radius 1 is 1.58 bits per heavy atom. The third-order valence-electron chi connectivity index (χ3n) is 3.24. The first kappa shape index (κ1) is 15.4. The van der Waals surface area contributed by atoms with Gasteiger partial charge in [-0.1, -0.05) is 6.92 Å². The number of carbonyl (C=O) groups is 3. The normalized spacial score (nSPS) is 20.8. The van der Waals surface area contributed by atoms with E-state index in [9.17, 15) is 14.4 Å². The molecule has 4 N–H and O–H groups in total. The van der Waals surface area contributed by atoms with Crippen LogP contribution in [0.3, 0.4) is 0 Å². The van der Waals surface area contributed by atoms with Crippen LogP contribution in [0, 0.1) is 5.92 Å². The minimum atomic E-state index is -1.09. The van der Waals surface area contributed by atoms with Gasteiger partial charge < -0.3 is 21.1 Å². The van der Waals surface area contributed by atoms with E-state index in [1.807, 2.05) is 0 Å². The van der Waals surface area contributed by atoms with E-state index < -0.39 is 17.9 Å². The first-order valence-electron chi connectivity index (χ1n) is 6.47. The van der Waals surface area contributed by atoms with Crippen molar-refractivity contribution in [3.05, 3.63) is 0 Å². The van der Waals surface area contributed by atoms with Crippen LogP contribution in [0.25, 0.3) is 0 Å². The Morgan fingerprint density at radius 2 is 2.26 bits per heavy atom. The maximum absolute atomic E-state index is 12.3. The number of carboxylic acid groups (broad SMARTS) is 1. The van der Waals surface area contributed by atoms with Gasteiger partial charge in [0.1, 0.15) is 6.04 Å². The van der Waals surface area contributed by atoms with Crippen LogP contribution in [0.15, 0.2) is 0 Å². The van der Waals surface area contributed by atoms with Gasteiger partial charge in [0.15, 0.2) is 0 Å². The number of aliphatic carboxylic acids is 1. The predicted molar refractivity (Wildman–Crippen MR) is 68.2 cm³/mol. The van der Waals surface area contributed by atoms with Crippen LogP contribution in [0.5, 0.6) is 0 Å². The molecule has 0 radical (unpaired) electrons. The Morgan fingerprint density at radius 3 is 2.84 bits per heavy atom. The number of carbonyl (C=O) groups excluding carboxylic acids is 2. The average molecular weight is 271 g/mol. The van der Waals surface area contributed by atoms with Crippen molar-refractivity contribution in [1.29, 1.82) is 0 Å². The molecule has 108 valence electrons. The molecule has 1 rings (SSSR count). The third-order valence-corrected chi connectivity index (χ3v) is 3.24. The van der Waals surface area contributed by atoms with Gasteiger partial charge in [0.25, 0.3) is 0 Å². The summed E-state index contributed by atoms with van der Waals surface area (Å²) in [5, 5.41) is 11.4. The largest absolute Gasteiger partial charge is 0.481 e. The Hall–Kier alpha value is -1.63. The molecule has 0 saturated carbocycles. The van der Waals surface area contributed by atoms with Gasteiger partial charge in [-0.3, -0.25) is 14.4 Å². The Balaban J connectivity index is 2.73. The molecule has 1 aliphatic heterocycles. The van der Waals surface area contributed by atoms with E-state index in [2.05, 4.69) is 5.32 Å². The van der Waals surface area contributed by atoms with Crippen molar-refractivity contribution in [2.24, 2.45) is 11.7 Å². The first-order chi connectivity index (χ1) is 8.97. The summed E-state index contributed by atoms with van der Waals surface area (Å²) in [7, 11) is 0. The van der Waals surface area contributed by atoms with Gasteiger partial charge in [-0.2, -0.15) is 0 Å². The number of amides is 2. The number of nitrogens with one attached hydrogen (secondary N) is 1. The molecule has 0 aromatic rings. The van der Waals surface area contributed by atoms with Gasteiger partial charge in [0, 0.05) is 19.0 Å². The zero-order valence-corrected chi connectivity index (χ0v) is 11.1. The molecular weight excluding hydrogens is 250 g/mol. The first-order valence-corrected chi connectivity index (χ1v) is 6.47. The summed E-state index contributed by atoms with van der Waals surface area (Å²) < 4.78 is 0. The van der Waals surface area contributed by atoms with Crippen molar-refractivity contribution < 1.29 is 19.5 Å². The smallest absolute Gasteiger partial charge is 0.305 e. The highest BCUT2D eigenvalue weighted by Crippen LogP contribution is 2.16. The molecule has 19 heavy (non-hydrogen) atoms. The molecule has 1 heterocycles. The lowest BCUT2D eigenvalue weighted by Crippen LogP contribution is -2.58. The number of nitrogens with zero attached hydrogens (tertiary/aromatic N) is 1. The van der Waals surface area contributed by atoms with E-state index in [1.54, 1.807) is 6.92 Å². The number of carboxylic acids is 1. The van der Waals surface area contributed by atoms with Crippen LogP contribution in [0.4, 0.5) is 0 Å². The van der Waals surface area contributed by atoms with Crippen molar-refractivity contribution in [2.75, 3.05) is 19.6 Å². The van der Waals surface area contributed by atoms with Crippen LogP contribution in [-0.2, 0) is 14.4 Å². The highest BCUT2D eigenvalue weighted by molar-refractivity contribution is 5.92. The second kappa shape index (κ2) is 7.08. The van der Waals surface area contributed by atoms with E-state index >= 15 is 0 Å². The lowest BCUT2D eigenvalue weighted by atomic mass is 10.0. The lowest BCUT2D eigenvalue weighted by Gasteiger charge is -2.35. The minimum Gasteiger partial charge on any atom is -0.481 e. The fraction of sp³-hybridized carbons (Fsp3) is 0.750. The quantitative estimate of drug-likeness (QED) is 0.583. The van der Waals surface area contributed by atoms with Crippen molar-refractivity contribution in [1.82, 2.24) is 10.2 Å². The van der Waals surface area contributed by atoms with Gasteiger partial charge in [-0.15, -0.1) is 0 Å². The molecule has 0 spiro atoms. The minimum absolute atomic E-state index is 0.172. The summed E-state index contributed by atoms with van der Waals surface area (Å²) in [6.07, 6.45) is 1.02. The zero-order valence-electron chi connectivity index (χ0n) is 11.1. The Labute approximate surface area is 112 Å². The second-order valence-electron chi connectivity index (χ2n) is 4.77. The van der Waals surface area contributed by atoms with Crippen molar-refractivity contribution in [2.45, 2.75) is 32.2 Å². The second-order valence-corrected chi connectivity index (χ2v) is 4.77. The maximum atomic E-state index is 12.3. The standard InChI is InChI=1S/C12H21N3O4/c1-8(3-2-4-13)12(19)15-6-5-14-11(18)9(15)7-10(16)17/h8-9H,2-7,13H2,1H3,(H,14,18)(H,16,17). The van der Waals surface area contributed by atoms with E-state index in [1.165, 1.54) is 4.90 Å². The predicted octanol–water partition coefficient (Wildman–Crippen LogP) is -0.837. The molecule has 2 unspecified atom stereocenters. The molecule has 0 aromatic carbocycles. The highest BCUT2D eigenvalue weighted by atomic mass is 16.4. The van der Waals surface area contributed by atoms with Crippen LogP contribution in [0.1, 0.15) is 26.2 Å². The SMILES string of the molecule is CC(CCCN)C(=O)N1CCNC(=O)C1CC(=O)O. The summed E-state index contributed by atoms with van der Waals surface area (Å²) in [6, 6.07) is -0.904. The fourth-order valence-electron chi connectivity index (χ4n) is 2.18. The molecule has 2 amide bonds. The number of hydrogen-bond acceptors (Lipinski definition) is 4. The number of hydrogen-bond donors (Lipinski definition) is 3. The topological polar surface area (TPSA) is 113 Å². The van der Waals surface area contributed by atoms with Gasteiger partial charge in [-0.05, 0) is 19.4 Å². The fourth-order valence-corrected chi connectivity index (χ4v) is 2.18. The summed E-state index contributed by atoms with van der Waals surface area (Å²) in [6.45, 7) is 3.01. The van der Waals surface area contributed by atoms with Crippen LogP contribution in [0.2, 0.25) is 0 Å². The van der Waals surface area contributed by atoms with E-state index in [4.69, 9.17) is 10.8 Å². The zero-order chi connectivity index (χ0) is 14.4. The Bertz CT molecular complexity index is 359. The van der Waals surface area contributed by atoms with Gasteiger partial charge in [0.05, 0.1) is 6.42 Å². The van der Waals surface area contributed by atoms with Gasteiger partial charge in [0.2, 0.25) is 11.8 Å². The van der Waals surface area contributed by atoms with Crippen molar-refractivity contribution in [3.63, 3.8) is 0 Å². The van der Waals surface area contributed by atoms with Crippen LogP contribution in [-0.4, -0.2) is 53.5 Å². The summed E-state index contributed by atoms with van der Waals surface area (Å²) in [5.74, 6) is -1.90. The van der Waals surface area contributed by atoms with Crippen molar-refractivity contribution >= 4 is 17.8 Å². The van der Waals surface area contributed by atoms with Crippen molar-refractivity contribution in [3.8, 4) is 0 Å². The van der Waals surface area contributed by atoms with E-state index in [-0.39, 0.29) is 18.2 Å². The summed E-state index contributed by atoms with van der Waals surface area (Å²) in [4.78, 5) is 36.1. The molecule has 0 bridgehead atoms. The monoisotopic (exact) mass is 271 g/mol. The van der Waals surface area contributed by atoms with Gasteiger partial charge in [-0.25, -0.2) is 0 Å². The Kier molecular flexibility index (Phi) is 5.75. The molecule has 7 heteroatoms. The molecule has 7 nitrogen and oxygen atoms in total. The molecule has 0 aromatic heterocycles. The molecule has 1 saturated heterocycles. The van der Waals surface area contributed by atoms with E-state index in [0.29, 0.717) is 26.1 Å². The highest BCUT2D eigenvalue weighted by Gasteiger charge is 2.36.